The Balaban J connectivity index is 1.62. The van der Waals surface area contributed by atoms with Crippen molar-refractivity contribution in [1.82, 2.24) is 24.3 Å². The summed E-state index contributed by atoms with van der Waals surface area (Å²) in [5, 5.41) is 8.36. The normalized spacial score (nSPS) is 17.6. The molecule has 39 heavy (non-hydrogen) atoms. The van der Waals surface area contributed by atoms with Crippen molar-refractivity contribution in [2.75, 3.05) is 13.2 Å². The molecule has 0 fully saturated rings. The number of hydrogen-bond acceptors (Lipinski definition) is 8. The number of sulfonamides is 1. The minimum atomic E-state index is -3.83. The van der Waals surface area contributed by atoms with Crippen LogP contribution in [0.5, 0.6) is 5.75 Å². The van der Waals surface area contributed by atoms with Crippen molar-refractivity contribution in [3.05, 3.63) is 65.2 Å². The lowest BCUT2D eigenvalue weighted by atomic mass is 9.88. The molecule has 0 saturated heterocycles. The van der Waals surface area contributed by atoms with Gasteiger partial charge in [0.2, 0.25) is 10.0 Å². The van der Waals surface area contributed by atoms with E-state index in [2.05, 4.69) is 15.3 Å². The molecule has 0 bridgehead atoms. The van der Waals surface area contributed by atoms with Crippen LogP contribution in [0.1, 0.15) is 68.3 Å². The zero-order valence-electron chi connectivity index (χ0n) is 23.0. The molecular weight excluding hydrogens is 518 g/mol. The largest absolute Gasteiger partial charge is 0.488 e. The standard InChI is InChI=1S/C28H37N5O5S/c1-5-25-19-33(39(35,36)27-16-29-13-12-26(27)38-25)17-23-14-21(9-8-20(23)4)22(15-28(34)37-7-3)10-11-24-18-32(6-2)31-30-24/h8-9,12-14,16,18,22,25H,5-7,10-11,15,17,19H2,1-4H3/t22?,25-/m1/s1. The Morgan fingerprint density at radius 3 is 2.77 bits per heavy atom. The maximum Gasteiger partial charge on any atom is 0.306 e. The molecule has 2 atom stereocenters. The first kappa shape index (κ1) is 28.7. The van der Waals surface area contributed by atoms with Gasteiger partial charge in [-0.1, -0.05) is 30.3 Å². The highest BCUT2D eigenvalue weighted by Gasteiger charge is 2.35. The molecule has 2 aromatic heterocycles. The molecule has 1 unspecified atom stereocenters. The van der Waals surface area contributed by atoms with Crippen molar-refractivity contribution in [3.8, 4) is 5.75 Å². The maximum absolute atomic E-state index is 13.7. The Morgan fingerprint density at radius 1 is 1.23 bits per heavy atom. The quantitative estimate of drug-likeness (QED) is 0.326. The van der Waals surface area contributed by atoms with Crippen LogP contribution in [0.15, 0.2) is 47.8 Å². The van der Waals surface area contributed by atoms with Crippen LogP contribution in [-0.2, 0) is 39.1 Å². The van der Waals surface area contributed by atoms with E-state index in [0.717, 1.165) is 28.9 Å². The van der Waals surface area contributed by atoms with Gasteiger partial charge in [-0.2, -0.15) is 4.31 Å². The maximum atomic E-state index is 13.7. The lowest BCUT2D eigenvalue weighted by Gasteiger charge is -2.24. The van der Waals surface area contributed by atoms with Gasteiger partial charge in [0.25, 0.3) is 0 Å². The number of rotatable bonds is 11. The summed E-state index contributed by atoms with van der Waals surface area (Å²) in [6, 6.07) is 7.63. The molecule has 1 aliphatic rings. The number of aryl methyl sites for hydroxylation is 3. The second kappa shape index (κ2) is 12.7. The molecule has 0 spiro atoms. The zero-order valence-corrected chi connectivity index (χ0v) is 23.9. The smallest absolute Gasteiger partial charge is 0.306 e. The van der Waals surface area contributed by atoms with Gasteiger partial charge in [0.15, 0.2) is 0 Å². The van der Waals surface area contributed by atoms with Gasteiger partial charge in [0, 0.05) is 25.5 Å². The zero-order chi connectivity index (χ0) is 28.0. The van der Waals surface area contributed by atoms with Gasteiger partial charge in [0.1, 0.15) is 16.7 Å². The van der Waals surface area contributed by atoms with Crippen LogP contribution >= 0.6 is 0 Å². The fourth-order valence-electron chi connectivity index (χ4n) is 4.74. The number of ether oxygens (including phenoxy) is 2. The van der Waals surface area contributed by atoms with Crippen molar-refractivity contribution in [2.45, 2.75) is 83.4 Å². The van der Waals surface area contributed by atoms with Crippen LogP contribution in [0.25, 0.3) is 0 Å². The summed E-state index contributed by atoms with van der Waals surface area (Å²) in [4.78, 5) is 16.6. The average Bonchev–Trinajstić information content (AvgIpc) is 3.35. The highest BCUT2D eigenvalue weighted by Crippen LogP contribution is 2.33. The van der Waals surface area contributed by atoms with Gasteiger partial charge in [0.05, 0.1) is 31.5 Å². The fraction of sp³-hybridized carbons (Fsp3) is 0.500. The third kappa shape index (κ3) is 6.83. The van der Waals surface area contributed by atoms with E-state index >= 15 is 0 Å². The van der Waals surface area contributed by atoms with Crippen LogP contribution in [0.3, 0.4) is 0 Å². The SMILES string of the molecule is CCOC(=O)CC(CCc1cn(CC)nn1)c1ccc(C)c(CN2C[C@@H](CC)Oc3ccncc3S2(=O)=O)c1. The van der Waals surface area contributed by atoms with E-state index < -0.39 is 10.0 Å². The molecule has 3 heterocycles. The Bertz CT molecular complexity index is 1390. The molecule has 0 aliphatic carbocycles. The first-order valence-electron chi connectivity index (χ1n) is 13.5. The number of pyridine rings is 1. The second-order valence-corrected chi connectivity index (χ2v) is 11.7. The average molecular weight is 556 g/mol. The third-order valence-electron chi connectivity index (χ3n) is 7.09. The van der Waals surface area contributed by atoms with Crippen molar-refractivity contribution in [3.63, 3.8) is 0 Å². The van der Waals surface area contributed by atoms with Gasteiger partial charge in [-0.25, -0.2) is 8.42 Å². The number of esters is 1. The molecule has 3 aromatic rings. The summed E-state index contributed by atoms with van der Waals surface area (Å²) in [5.74, 6) is -0.0455. The summed E-state index contributed by atoms with van der Waals surface area (Å²) >= 11 is 0. The molecule has 0 radical (unpaired) electrons. The topological polar surface area (TPSA) is 117 Å². The Labute approximate surface area is 230 Å². The summed E-state index contributed by atoms with van der Waals surface area (Å²) < 4.78 is 41.9. The molecule has 210 valence electrons. The minimum Gasteiger partial charge on any atom is -0.488 e. The molecule has 0 amide bonds. The molecule has 0 N–H and O–H groups in total. The van der Waals surface area contributed by atoms with E-state index in [1.165, 1.54) is 16.7 Å². The van der Waals surface area contributed by atoms with Gasteiger partial charge < -0.3 is 9.47 Å². The third-order valence-corrected chi connectivity index (χ3v) is 8.91. The van der Waals surface area contributed by atoms with Gasteiger partial charge in [-0.15, -0.1) is 5.10 Å². The molecule has 10 nitrogen and oxygen atoms in total. The molecule has 1 aromatic carbocycles. The monoisotopic (exact) mass is 555 g/mol. The molecule has 1 aliphatic heterocycles. The number of carbonyl (C=O) groups is 1. The number of aromatic nitrogens is 4. The van der Waals surface area contributed by atoms with Gasteiger partial charge in [-0.05, 0) is 68.7 Å². The van der Waals surface area contributed by atoms with Crippen LogP contribution in [0.2, 0.25) is 0 Å². The summed E-state index contributed by atoms with van der Waals surface area (Å²) in [7, 11) is -3.83. The van der Waals surface area contributed by atoms with E-state index in [-0.39, 0.29) is 42.4 Å². The van der Waals surface area contributed by atoms with E-state index in [9.17, 15) is 13.2 Å². The molecular formula is C28H37N5O5S. The van der Waals surface area contributed by atoms with Crippen molar-refractivity contribution >= 4 is 16.0 Å². The predicted octanol–water partition coefficient (Wildman–Crippen LogP) is 4.03. The Hall–Kier alpha value is -3.31. The van der Waals surface area contributed by atoms with Gasteiger partial charge in [-0.3, -0.25) is 14.5 Å². The van der Waals surface area contributed by atoms with Crippen molar-refractivity contribution < 1.29 is 22.7 Å². The van der Waals surface area contributed by atoms with Gasteiger partial charge >= 0.3 is 5.97 Å². The lowest BCUT2D eigenvalue weighted by molar-refractivity contribution is -0.143. The first-order valence-corrected chi connectivity index (χ1v) is 14.9. The van der Waals surface area contributed by atoms with Crippen LogP contribution in [0.4, 0.5) is 0 Å². The van der Waals surface area contributed by atoms with Crippen molar-refractivity contribution in [2.24, 2.45) is 0 Å². The highest BCUT2D eigenvalue weighted by molar-refractivity contribution is 7.89. The van der Waals surface area contributed by atoms with E-state index in [1.54, 1.807) is 17.7 Å². The van der Waals surface area contributed by atoms with E-state index in [0.29, 0.717) is 31.6 Å². The second-order valence-electron chi connectivity index (χ2n) is 9.76. The summed E-state index contributed by atoms with van der Waals surface area (Å²) in [6.07, 6.45) is 6.76. The Morgan fingerprint density at radius 2 is 2.05 bits per heavy atom. The summed E-state index contributed by atoms with van der Waals surface area (Å²) in [6.45, 7) is 9.23. The van der Waals surface area contributed by atoms with E-state index in [4.69, 9.17) is 9.47 Å². The Kier molecular flexibility index (Phi) is 9.34. The van der Waals surface area contributed by atoms with Crippen LogP contribution in [0, 0.1) is 6.92 Å². The van der Waals surface area contributed by atoms with Crippen LogP contribution < -0.4 is 4.74 Å². The molecule has 4 rings (SSSR count). The van der Waals surface area contributed by atoms with Crippen LogP contribution in [-0.4, -0.2) is 57.9 Å². The number of hydrogen-bond donors (Lipinski definition) is 0. The lowest BCUT2D eigenvalue weighted by Crippen LogP contribution is -2.36. The fourth-order valence-corrected chi connectivity index (χ4v) is 6.26. The predicted molar refractivity (Wildman–Crippen MR) is 146 cm³/mol. The molecule has 0 saturated carbocycles. The van der Waals surface area contributed by atoms with Crippen molar-refractivity contribution in [1.29, 1.82) is 0 Å². The highest BCUT2D eigenvalue weighted by atomic mass is 32.2. The number of benzene rings is 1. The number of nitrogens with zero attached hydrogens (tertiary/aromatic N) is 5. The number of carbonyl (C=O) groups excluding carboxylic acids is 1. The van der Waals surface area contributed by atoms with E-state index in [1.807, 2.05) is 45.2 Å². The molecule has 11 heteroatoms. The summed E-state index contributed by atoms with van der Waals surface area (Å²) in [5.41, 5.74) is 3.68. The number of fused-ring (bicyclic) bond motifs is 1. The minimum absolute atomic E-state index is 0.0788. The first-order chi connectivity index (χ1) is 18.7.